The van der Waals surface area contributed by atoms with Crippen LogP contribution in [0.15, 0.2) is 18.3 Å². The first kappa shape index (κ1) is 11.5. The van der Waals surface area contributed by atoms with Crippen LogP contribution in [0.1, 0.15) is 15.9 Å². The van der Waals surface area contributed by atoms with Gasteiger partial charge in [-0.1, -0.05) is 0 Å². The van der Waals surface area contributed by atoms with E-state index >= 15 is 0 Å². The van der Waals surface area contributed by atoms with E-state index in [1.54, 1.807) is 37.0 Å². The number of hydrogen-bond donors (Lipinski definition) is 2. The predicted molar refractivity (Wildman–Crippen MR) is 72.1 cm³/mol. The van der Waals surface area contributed by atoms with Crippen molar-refractivity contribution < 1.29 is 9.90 Å². The van der Waals surface area contributed by atoms with E-state index in [2.05, 4.69) is 10.1 Å². The van der Waals surface area contributed by atoms with Gasteiger partial charge in [-0.25, -0.2) is 9.78 Å². The largest absolute Gasteiger partial charge is 0.478 e. The summed E-state index contributed by atoms with van der Waals surface area (Å²) in [7, 11) is 1.79. The van der Waals surface area contributed by atoms with Gasteiger partial charge in [0.05, 0.1) is 28.2 Å². The highest BCUT2D eigenvalue weighted by atomic mass is 16.4. The van der Waals surface area contributed by atoms with Gasteiger partial charge in [-0.05, 0) is 24.6 Å². The molecule has 0 saturated carbocycles. The van der Waals surface area contributed by atoms with Gasteiger partial charge in [0.1, 0.15) is 5.82 Å². The van der Waals surface area contributed by atoms with Gasteiger partial charge in [0, 0.05) is 12.4 Å². The highest BCUT2D eigenvalue weighted by molar-refractivity contribution is 6.09. The summed E-state index contributed by atoms with van der Waals surface area (Å²) in [5.74, 6) is -0.551. The maximum atomic E-state index is 11.2. The first-order chi connectivity index (χ1) is 8.99. The first-order valence-corrected chi connectivity index (χ1v) is 5.74. The van der Waals surface area contributed by atoms with Crippen LogP contribution in [0.4, 0.5) is 5.82 Å². The number of anilines is 1. The van der Waals surface area contributed by atoms with Crippen LogP contribution in [0, 0.1) is 6.92 Å². The molecular weight excluding hydrogens is 244 g/mol. The highest BCUT2D eigenvalue weighted by Gasteiger charge is 2.14. The van der Waals surface area contributed by atoms with Gasteiger partial charge in [0.2, 0.25) is 0 Å². The fourth-order valence-corrected chi connectivity index (χ4v) is 2.34. The third kappa shape index (κ3) is 1.53. The molecule has 0 spiro atoms. The quantitative estimate of drug-likeness (QED) is 0.691. The van der Waals surface area contributed by atoms with Crippen LogP contribution in [0.5, 0.6) is 0 Å². The van der Waals surface area contributed by atoms with E-state index in [9.17, 15) is 9.90 Å². The molecule has 96 valence electrons. The standard InChI is InChI=1S/C13H12N4O2/c1-6-3-10-8(4-7(6)13(18)19)11-9(12(14)16-10)5-15-17(11)2/h3-5H,1-2H3,(H2,14,16)(H,18,19). The summed E-state index contributed by atoms with van der Waals surface area (Å²) in [5.41, 5.74) is 8.30. The van der Waals surface area contributed by atoms with Gasteiger partial charge in [-0.2, -0.15) is 5.10 Å². The zero-order valence-electron chi connectivity index (χ0n) is 10.5. The molecule has 2 heterocycles. The van der Waals surface area contributed by atoms with Gasteiger partial charge in [0.15, 0.2) is 0 Å². The van der Waals surface area contributed by atoms with Crippen molar-refractivity contribution in [2.45, 2.75) is 6.92 Å². The molecule has 3 rings (SSSR count). The number of carboxylic acids is 1. The second-order valence-corrected chi connectivity index (χ2v) is 4.52. The number of pyridine rings is 1. The summed E-state index contributed by atoms with van der Waals surface area (Å²) in [6.45, 7) is 1.74. The number of nitrogen functional groups attached to an aromatic ring is 1. The number of aryl methyl sites for hydroxylation is 2. The minimum Gasteiger partial charge on any atom is -0.478 e. The smallest absolute Gasteiger partial charge is 0.335 e. The highest BCUT2D eigenvalue weighted by Crippen LogP contribution is 2.29. The van der Waals surface area contributed by atoms with Gasteiger partial charge in [0.25, 0.3) is 0 Å². The van der Waals surface area contributed by atoms with E-state index in [0.717, 1.165) is 16.3 Å². The molecule has 0 bridgehead atoms. The van der Waals surface area contributed by atoms with E-state index in [-0.39, 0.29) is 5.56 Å². The third-order valence-corrected chi connectivity index (χ3v) is 3.28. The molecule has 0 atom stereocenters. The number of nitrogens with two attached hydrogens (primary N) is 1. The Hall–Kier alpha value is -2.63. The molecule has 3 N–H and O–H groups in total. The third-order valence-electron chi connectivity index (χ3n) is 3.28. The van der Waals surface area contributed by atoms with E-state index in [4.69, 9.17) is 5.73 Å². The Labute approximate surface area is 108 Å². The van der Waals surface area contributed by atoms with Crippen molar-refractivity contribution >= 4 is 33.6 Å². The lowest BCUT2D eigenvalue weighted by Gasteiger charge is -2.07. The van der Waals surface area contributed by atoms with Crippen LogP contribution in [-0.2, 0) is 7.05 Å². The average Bonchev–Trinajstić information content (AvgIpc) is 2.71. The van der Waals surface area contributed by atoms with E-state index in [0.29, 0.717) is 16.9 Å². The maximum absolute atomic E-state index is 11.2. The average molecular weight is 256 g/mol. The predicted octanol–water partition coefficient (Wildman–Crippen LogP) is 1.71. The molecule has 1 aromatic carbocycles. The summed E-state index contributed by atoms with van der Waals surface area (Å²) in [4.78, 5) is 15.5. The fourth-order valence-electron chi connectivity index (χ4n) is 2.34. The van der Waals surface area contributed by atoms with E-state index < -0.39 is 5.97 Å². The zero-order valence-corrected chi connectivity index (χ0v) is 10.5. The van der Waals surface area contributed by atoms with Gasteiger partial charge >= 0.3 is 5.97 Å². The Morgan fingerprint density at radius 1 is 1.37 bits per heavy atom. The van der Waals surface area contributed by atoms with Crippen molar-refractivity contribution in [1.82, 2.24) is 14.8 Å². The van der Waals surface area contributed by atoms with Crippen LogP contribution in [-0.4, -0.2) is 25.8 Å². The minimum absolute atomic E-state index is 0.265. The Bertz CT molecular complexity index is 836. The van der Waals surface area contributed by atoms with Crippen molar-refractivity contribution in [3.05, 3.63) is 29.5 Å². The molecule has 0 saturated heterocycles. The molecule has 0 aliphatic heterocycles. The number of fused-ring (bicyclic) bond motifs is 3. The Morgan fingerprint density at radius 2 is 2.11 bits per heavy atom. The van der Waals surface area contributed by atoms with Crippen molar-refractivity contribution in [2.75, 3.05) is 5.73 Å². The summed E-state index contributed by atoms with van der Waals surface area (Å²) < 4.78 is 1.68. The van der Waals surface area contributed by atoms with Gasteiger partial charge in [-0.15, -0.1) is 0 Å². The summed E-state index contributed by atoms with van der Waals surface area (Å²) in [6, 6.07) is 3.37. The number of aromatic nitrogens is 3. The Morgan fingerprint density at radius 3 is 2.79 bits per heavy atom. The molecule has 0 unspecified atom stereocenters. The summed E-state index contributed by atoms with van der Waals surface area (Å²) in [6.07, 6.45) is 1.64. The minimum atomic E-state index is -0.952. The van der Waals surface area contributed by atoms with Crippen molar-refractivity contribution in [3.8, 4) is 0 Å². The van der Waals surface area contributed by atoms with Crippen LogP contribution < -0.4 is 5.73 Å². The van der Waals surface area contributed by atoms with Crippen LogP contribution in [0.2, 0.25) is 0 Å². The molecule has 0 fully saturated rings. The monoisotopic (exact) mass is 256 g/mol. The zero-order chi connectivity index (χ0) is 13.7. The van der Waals surface area contributed by atoms with E-state index in [1.807, 2.05) is 0 Å². The van der Waals surface area contributed by atoms with Crippen LogP contribution in [0.25, 0.3) is 21.8 Å². The van der Waals surface area contributed by atoms with Crippen LogP contribution >= 0.6 is 0 Å². The van der Waals surface area contributed by atoms with E-state index in [1.165, 1.54) is 0 Å². The molecule has 0 amide bonds. The fraction of sp³-hybridized carbons (Fsp3) is 0.154. The molecule has 19 heavy (non-hydrogen) atoms. The Kier molecular flexibility index (Phi) is 2.22. The summed E-state index contributed by atoms with van der Waals surface area (Å²) >= 11 is 0. The number of aromatic carboxylic acids is 1. The molecular formula is C13H12N4O2. The second-order valence-electron chi connectivity index (χ2n) is 4.52. The SMILES string of the molecule is Cc1cc2nc(N)c3cnn(C)c3c2cc1C(=O)O. The normalized spacial score (nSPS) is 11.3. The number of hydrogen-bond acceptors (Lipinski definition) is 4. The number of benzene rings is 1. The lowest BCUT2D eigenvalue weighted by molar-refractivity contribution is 0.0696. The maximum Gasteiger partial charge on any atom is 0.335 e. The van der Waals surface area contributed by atoms with Gasteiger partial charge < -0.3 is 10.8 Å². The van der Waals surface area contributed by atoms with Gasteiger partial charge in [-0.3, -0.25) is 4.68 Å². The molecule has 3 aromatic rings. The van der Waals surface area contributed by atoms with Crippen LogP contribution in [0.3, 0.4) is 0 Å². The lowest BCUT2D eigenvalue weighted by atomic mass is 10.0. The molecule has 0 aliphatic rings. The number of nitrogens with zero attached hydrogens (tertiary/aromatic N) is 3. The van der Waals surface area contributed by atoms with Crippen molar-refractivity contribution in [3.63, 3.8) is 0 Å². The van der Waals surface area contributed by atoms with Crippen molar-refractivity contribution in [2.24, 2.45) is 7.05 Å². The molecule has 2 aromatic heterocycles. The first-order valence-electron chi connectivity index (χ1n) is 5.74. The number of carboxylic acid groups (broad SMARTS) is 1. The molecule has 6 nitrogen and oxygen atoms in total. The molecule has 6 heteroatoms. The second kappa shape index (κ2) is 3.68. The topological polar surface area (TPSA) is 94.0 Å². The molecule has 0 radical (unpaired) electrons. The number of rotatable bonds is 1. The lowest BCUT2D eigenvalue weighted by Crippen LogP contribution is -2.02. The van der Waals surface area contributed by atoms with Crippen molar-refractivity contribution in [1.29, 1.82) is 0 Å². The number of carbonyl (C=O) groups is 1. The Balaban J connectivity index is 2.56. The summed E-state index contributed by atoms with van der Waals surface area (Å²) in [5, 5.41) is 14.8. The molecule has 0 aliphatic carbocycles.